The maximum atomic E-state index is 12.4. The van der Waals surface area contributed by atoms with E-state index in [1.807, 2.05) is 12.1 Å². The second kappa shape index (κ2) is 8.56. The molecule has 0 radical (unpaired) electrons. The molecule has 0 saturated carbocycles. The lowest BCUT2D eigenvalue weighted by Gasteiger charge is -2.21. The second-order valence-electron chi connectivity index (χ2n) is 8.06. The fourth-order valence-corrected chi connectivity index (χ4v) is 4.37. The molecule has 174 valence electrons. The van der Waals surface area contributed by atoms with Crippen molar-refractivity contribution < 1.29 is 14.3 Å². The highest BCUT2D eigenvalue weighted by molar-refractivity contribution is 6.04. The van der Waals surface area contributed by atoms with E-state index in [2.05, 4.69) is 27.8 Å². The highest BCUT2D eigenvalue weighted by atomic mass is 16.5. The predicted octanol–water partition coefficient (Wildman–Crippen LogP) is 2.63. The Hall–Kier alpha value is -4.31. The van der Waals surface area contributed by atoms with Crippen molar-refractivity contribution in [2.45, 2.75) is 18.5 Å². The number of fused-ring (bicyclic) bond motifs is 2. The minimum Gasteiger partial charge on any atom is -0.497 e. The van der Waals surface area contributed by atoms with Crippen LogP contribution in [0.1, 0.15) is 27.5 Å². The van der Waals surface area contributed by atoms with Crippen LogP contribution in [0.2, 0.25) is 0 Å². The van der Waals surface area contributed by atoms with Crippen molar-refractivity contribution in [3.63, 3.8) is 0 Å². The SMILES string of the molecule is COc1cc(Nc2nc(N[C@@H]3c4ccccc4C[C@@H]3N)n3ccnc3c2C(N)=O)cc(OC)c1. The fraction of sp³-hybridized carbons (Fsp3) is 0.208. The molecule has 0 spiro atoms. The summed E-state index contributed by atoms with van der Waals surface area (Å²) in [5, 5.41) is 6.64. The lowest BCUT2D eigenvalue weighted by molar-refractivity contribution is 0.100. The van der Waals surface area contributed by atoms with E-state index in [0.29, 0.717) is 28.8 Å². The van der Waals surface area contributed by atoms with Crippen molar-refractivity contribution in [1.82, 2.24) is 14.4 Å². The normalized spacial score (nSPS) is 16.8. The Balaban J connectivity index is 1.60. The van der Waals surface area contributed by atoms with Gasteiger partial charge in [0.15, 0.2) is 11.5 Å². The van der Waals surface area contributed by atoms with E-state index in [4.69, 9.17) is 25.9 Å². The molecule has 2 atom stereocenters. The van der Waals surface area contributed by atoms with Crippen LogP contribution in [0.4, 0.5) is 17.5 Å². The third-order valence-electron chi connectivity index (χ3n) is 5.97. The molecule has 34 heavy (non-hydrogen) atoms. The van der Waals surface area contributed by atoms with E-state index in [1.165, 1.54) is 5.56 Å². The quantitative estimate of drug-likeness (QED) is 0.330. The van der Waals surface area contributed by atoms with Crippen molar-refractivity contribution in [1.29, 1.82) is 0 Å². The maximum Gasteiger partial charge on any atom is 0.256 e. The van der Waals surface area contributed by atoms with Gasteiger partial charge in [-0.1, -0.05) is 24.3 Å². The average molecular weight is 460 g/mol. The number of carbonyl (C=O) groups is 1. The first-order chi connectivity index (χ1) is 16.5. The molecule has 0 aliphatic heterocycles. The highest BCUT2D eigenvalue weighted by Gasteiger charge is 2.31. The molecule has 0 fully saturated rings. The number of methoxy groups -OCH3 is 2. The Labute approximate surface area is 195 Å². The third-order valence-corrected chi connectivity index (χ3v) is 5.97. The zero-order valence-electron chi connectivity index (χ0n) is 18.8. The highest BCUT2D eigenvalue weighted by Crippen LogP contribution is 2.35. The zero-order chi connectivity index (χ0) is 23.8. The number of rotatable bonds is 7. The van der Waals surface area contributed by atoms with Crippen LogP contribution in [0.25, 0.3) is 5.65 Å². The summed E-state index contributed by atoms with van der Waals surface area (Å²) < 4.78 is 12.4. The number of imidazole rings is 1. The molecule has 0 unspecified atom stereocenters. The van der Waals surface area contributed by atoms with Gasteiger partial charge in [-0.3, -0.25) is 9.20 Å². The van der Waals surface area contributed by atoms with E-state index in [-0.39, 0.29) is 23.5 Å². The zero-order valence-corrected chi connectivity index (χ0v) is 18.8. The Morgan fingerprint density at radius 3 is 2.59 bits per heavy atom. The number of hydrogen-bond donors (Lipinski definition) is 4. The predicted molar refractivity (Wildman–Crippen MR) is 129 cm³/mol. The molecular formula is C24H25N7O3. The lowest BCUT2D eigenvalue weighted by atomic mass is 10.1. The van der Waals surface area contributed by atoms with Gasteiger partial charge in [0.2, 0.25) is 5.95 Å². The molecule has 2 heterocycles. The number of nitrogens with zero attached hydrogens (tertiary/aromatic N) is 3. The van der Waals surface area contributed by atoms with E-state index in [9.17, 15) is 4.79 Å². The molecule has 5 rings (SSSR count). The number of nitrogens with two attached hydrogens (primary N) is 2. The van der Waals surface area contributed by atoms with Gasteiger partial charge in [0, 0.05) is 42.3 Å². The summed E-state index contributed by atoms with van der Waals surface area (Å²) in [7, 11) is 3.12. The van der Waals surface area contributed by atoms with Crippen LogP contribution in [0.3, 0.4) is 0 Å². The van der Waals surface area contributed by atoms with Gasteiger partial charge in [-0.05, 0) is 17.5 Å². The second-order valence-corrected chi connectivity index (χ2v) is 8.06. The topological polar surface area (TPSA) is 142 Å². The van der Waals surface area contributed by atoms with Crippen molar-refractivity contribution in [3.8, 4) is 11.5 Å². The minimum atomic E-state index is -0.657. The number of ether oxygens (including phenoxy) is 2. The van der Waals surface area contributed by atoms with Gasteiger partial charge in [0.05, 0.1) is 20.3 Å². The van der Waals surface area contributed by atoms with Crippen molar-refractivity contribution in [2.24, 2.45) is 11.5 Å². The number of primary amides is 1. The molecular weight excluding hydrogens is 434 g/mol. The van der Waals surface area contributed by atoms with E-state index in [1.54, 1.807) is 49.2 Å². The lowest BCUT2D eigenvalue weighted by Crippen LogP contribution is -2.31. The van der Waals surface area contributed by atoms with Crippen LogP contribution in [0, 0.1) is 0 Å². The average Bonchev–Trinajstić information content (AvgIpc) is 3.43. The molecule has 4 aromatic rings. The smallest absolute Gasteiger partial charge is 0.256 e. The number of aromatic nitrogens is 3. The van der Waals surface area contributed by atoms with Gasteiger partial charge in [-0.15, -0.1) is 0 Å². The van der Waals surface area contributed by atoms with Crippen molar-refractivity contribution >= 4 is 29.0 Å². The van der Waals surface area contributed by atoms with Crippen LogP contribution in [-0.2, 0) is 6.42 Å². The summed E-state index contributed by atoms with van der Waals surface area (Å²) in [6, 6.07) is 13.1. The number of anilines is 3. The van der Waals surface area contributed by atoms with Gasteiger partial charge >= 0.3 is 0 Å². The largest absolute Gasteiger partial charge is 0.497 e. The van der Waals surface area contributed by atoms with Crippen LogP contribution in [-0.4, -0.2) is 40.5 Å². The van der Waals surface area contributed by atoms with E-state index < -0.39 is 5.91 Å². The van der Waals surface area contributed by atoms with Gasteiger partial charge in [0.1, 0.15) is 17.1 Å². The van der Waals surface area contributed by atoms with Gasteiger partial charge in [0.25, 0.3) is 5.91 Å². The summed E-state index contributed by atoms with van der Waals surface area (Å²) in [5.74, 6) is 1.24. The molecule has 6 N–H and O–H groups in total. The number of benzene rings is 2. The van der Waals surface area contributed by atoms with Crippen molar-refractivity contribution in [2.75, 3.05) is 24.9 Å². The molecule has 1 aliphatic rings. The minimum absolute atomic E-state index is 0.132. The van der Waals surface area contributed by atoms with Gasteiger partial charge < -0.3 is 31.6 Å². The first-order valence-electron chi connectivity index (χ1n) is 10.8. The Bertz CT molecular complexity index is 1360. The molecule has 10 heteroatoms. The van der Waals surface area contributed by atoms with Crippen molar-refractivity contribution in [3.05, 3.63) is 71.5 Å². The van der Waals surface area contributed by atoms with E-state index >= 15 is 0 Å². The molecule has 2 aromatic carbocycles. The summed E-state index contributed by atoms with van der Waals surface area (Å²) in [6.07, 6.45) is 4.08. The van der Waals surface area contributed by atoms with Crippen LogP contribution in [0.5, 0.6) is 11.5 Å². The molecule has 10 nitrogen and oxygen atoms in total. The summed E-state index contributed by atoms with van der Waals surface area (Å²) in [5.41, 5.74) is 15.7. The standard InChI is InChI=1S/C24H25N7O3/c1-33-15-10-14(11-16(12-15)34-2)28-22-19(21(26)32)23-27-7-8-31(23)24(30-22)29-20-17-6-4-3-5-13(17)9-18(20)25/h3-8,10-12,18,20,28H,9,25H2,1-2H3,(H2,26,32)(H,29,30)/t18-,20+/m0/s1. The first kappa shape index (κ1) is 21.5. The summed E-state index contributed by atoms with van der Waals surface area (Å²) in [4.78, 5) is 21.5. The number of carbonyl (C=O) groups excluding carboxylic acids is 1. The van der Waals surface area contributed by atoms with Gasteiger partial charge in [-0.25, -0.2) is 4.98 Å². The Kier molecular flexibility index (Phi) is 5.42. The molecule has 1 amide bonds. The number of amides is 1. The van der Waals surface area contributed by atoms with Crippen LogP contribution < -0.4 is 31.6 Å². The molecule has 2 aromatic heterocycles. The molecule has 1 aliphatic carbocycles. The van der Waals surface area contributed by atoms with Crippen LogP contribution in [0.15, 0.2) is 54.9 Å². The Morgan fingerprint density at radius 2 is 1.88 bits per heavy atom. The third kappa shape index (κ3) is 3.73. The number of nitrogens with one attached hydrogen (secondary N) is 2. The number of hydrogen-bond acceptors (Lipinski definition) is 8. The molecule has 0 bridgehead atoms. The van der Waals surface area contributed by atoms with E-state index in [0.717, 1.165) is 12.0 Å². The van der Waals surface area contributed by atoms with Gasteiger partial charge in [-0.2, -0.15) is 4.98 Å². The Morgan fingerprint density at radius 1 is 1.15 bits per heavy atom. The summed E-state index contributed by atoms with van der Waals surface area (Å²) in [6.45, 7) is 0. The fourth-order valence-electron chi connectivity index (χ4n) is 4.37. The first-order valence-corrected chi connectivity index (χ1v) is 10.8. The maximum absolute atomic E-state index is 12.4. The molecule has 0 saturated heterocycles. The summed E-state index contributed by atoms with van der Waals surface area (Å²) >= 11 is 0. The van der Waals surface area contributed by atoms with Crippen LogP contribution >= 0.6 is 0 Å². The monoisotopic (exact) mass is 459 g/mol.